The molecule has 4 rings (SSSR count). The first-order valence-electron chi connectivity index (χ1n) is 8.38. The predicted octanol–water partition coefficient (Wildman–Crippen LogP) is 4.22. The number of carbonyl (C=O) groups excluding carboxylic acids is 1. The van der Waals surface area contributed by atoms with E-state index in [-0.39, 0.29) is 11.5 Å². The standard InChI is InChI=1S/C22H17NO3/c1-23(14-15-10-11-16-6-2-3-7-17(16)12-15)21(24)19-13-18-8-4-5-9-20(18)26-22(19)25/h2-13H,14H2,1H3. The summed E-state index contributed by atoms with van der Waals surface area (Å²) in [7, 11) is 1.69. The van der Waals surface area contributed by atoms with Crippen LogP contribution in [0.2, 0.25) is 0 Å². The summed E-state index contributed by atoms with van der Waals surface area (Å²) in [5, 5.41) is 3.01. The molecule has 0 bridgehead atoms. The molecule has 3 aromatic carbocycles. The van der Waals surface area contributed by atoms with Crippen molar-refractivity contribution in [3.8, 4) is 0 Å². The Balaban J connectivity index is 1.63. The largest absolute Gasteiger partial charge is 0.422 e. The third kappa shape index (κ3) is 2.97. The summed E-state index contributed by atoms with van der Waals surface area (Å²) in [5.74, 6) is -0.349. The Bertz CT molecular complexity index is 1180. The van der Waals surface area contributed by atoms with Crippen LogP contribution in [0.4, 0.5) is 0 Å². The molecule has 1 aromatic heterocycles. The lowest BCUT2D eigenvalue weighted by Crippen LogP contribution is -2.30. The molecule has 0 radical (unpaired) electrons. The molecule has 4 heteroatoms. The fourth-order valence-corrected chi connectivity index (χ4v) is 3.10. The van der Waals surface area contributed by atoms with Crippen LogP contribution in [0.25, 0.3) is 21.7 Å². The van der Waals surface area contributed by atoms with Gasteiger partial charge in [0.25, 0.3) is 5.91 Å². The van der Waals surface area contributed by atoms with Gasteiger partial charge in [0.1, 0.15) is 11.1 Å². The van der Waals surface area contributed by atoms with Crippen molar-refractivity contribution in [1.82, 2.24) is 4.90 Å². The number of hydrogen-bond donors (Lipinski definition) is 0. The van der Waals surface area contributed by atoms with Crippen molar-refractivity contribution in [3.63, 3.8) is 0 Å². The smallest absolute Gasteiger partial charge is 0.349 e. The first kappa shape index (κ1) is 16.1. The molecule has 0 aliphatic rings. The van der Waals surface area contributed by atoms with Crippen molar-refractivity contribution < 1.29 is 9.21 Å². The van der Waals surface area contributed by atoms with Crippen LogP contribution < -0.4 is 5.63 Å². The average Bonchev–Trinajstić information content (AvgIpc) is 2.66. The molecule has 4 nitrogen and oxygen atoms in total. The van der Waals surface area contributed by atoms with Crippen LogP contribution in [0.5, 0.6) is 0 Å². The van der Waals surface area contributed by atoms with Crippen molar-refractivity contribution in [2.75, 3.05) is 7.05 Å². The Hall–Kier alpha value is -3.40. The fourth-order valence-electron chi connectivity index (χ4n) is 3.10. The number of hydrogen-bond acceptors (Lipinski definition) is 3. The second-order valence-corrected chi connectivity index (χ2v) is 6.33. The quantitative estimate of drug-likeness (QED) is 0.523. The van der Waals surface area contributed by atoms with Gasteiger partial charge in [-0.2, -0.15) is 0 Å². The number of rotatable bonds is 3. The van der Waals surface area contributed by atoms with Crippen molar-refractivity contribution in [3.05, 3.63) is 94.3 Å². The van der Waals surface area contributed by atoms with Gasteiger partial charge in [0, 0.05) is 19.0 Å². The van der Waals surface area contributed by atoms with Gasteiger partial charge >= 0.3 is 5.63 Å². The van der Waals surface area contributed by atoms with Crippen LogP contribution in [0.3, 0.4) is 0 Å². The summed E-state index contributed by atoms with van der Waals surface area (Å²) in [6.45, 7) is 0.413. The maximum atomic E-state index is 12.7. The van der Waals surface area contributed by atoms with Gasteiger partial charge in [-0.3, -0.25) is 4.79 Å². The van der Waals surface area contributed by atoms with Gasteiger partial charge in [0.2, 0.25) is 0 Å². The Morgan fingerprint density at radius 3 is 2.38 bits per heavy atom. The minimum atomic E-state index is -0.612. The lowest BCUT2D eigenvalue weighted by molar-refractivity contribution is 0.0781. The first-order valence-corrected chi connectivity index (χ1v) is 8.38. The molecule has 0 aliphatic carbocycles. The fraction of sp³-hybridized carbons (Fsp3) is 0.0909. The summed E-state index contributed by atoms with van der Waals surface area (Å²) >= 11 is 0. The molecular weight excluding hydrogens is 326 g/mol. The van der Waals surface area contributed by atoms with E-state index in [9.17, 15) is 9.59 Å². The van der Waals surface area contributed by atoms with E-state index in [1.165, 1.54) is 4.90 Å². The van der Waals surface area contributed by atoms with Crippen molar-refractivity contribution >= 4 is 27.6 Å². The predicted molar refractivity (Wildman–Crippen MR) is 102 cm³/mol. The van der Waals surface area contributed by atoms with E-state index in [4.69, 9.17) is 4.42 Å². The van der Waals surface area contributed by atoms with Crippen molar-refractivity contribution in [2.45, 2.75) is 6.54 Å². The third-order valence-corrected chi connectivity index (χ3v) is 4.45. The number of carbonyl (C=O) groups is 1. The number of fused-ring (bicyclic) bond motifs is 2. The second-order valence-electron chi connectivity index (χ2n) is 6.33. The van der Waals surface area contributed by atoms with Gasteiger partial charge < -0.3 is 9.32 Å². The van der Waals surface area contributed by atoms with E-state index in [2.05, 4.69) is 6.07 Å². The maximum absolute atomic E-state index is 12.7. The Morgan fingerprint density at radius 2 is 1.58 bits per heavy atom. The normalized spacial score (nSPS) is 11.0. The highest BCUT2D eigenvalue weighted by Gasteiger charge is 2.18. The monoisotopic (exact) mass is 343 g/mol. The number of amides is 1. The minimum absolute atomic E-state index is 0.0481. The summed E-state index contributed by atoms with van der Waals surface area (Å²) in [4.78, 5) is 26.5. The molecule has 128 valence electrons. The van der Waals surface area contributed by atoms with E-state index in [1.807, 2.05) is 48.5 Å². The van der Waals surface area contributed by atoms with Crippen molar-refractivity contribution in [1.29, 1.82) is 0 Å². The maximum Gasteiger partial charge on any atom is 0.349 e. The van der Waals surface area contributed by atoms with E-state index >= 15 is 0 Å². The van der Waals surface area contributed by atoms with Gasteiger partial charge in [-0.05, 0) is 34.5 Å². The molecular formula is C22H17NO3. The molecule has 0 fully saturated rings. The zero-order valence-electron chi connectivity index (χ0n) is 14.3. The Kier molecular flexibility index (Phi) is 4.01. The van der Waals surface area contributed by atoms with E-state index in [0.717, 1.165) is 21.7 Å². The lowest BCUT2D eigenvalue weighted by atomic mass is 10.1. The van der Waals surface area contributed by atoms with Gasteiger partial charge in [0.15, 0.2) is 0 Å². The van der Waals surface area contributed by atoms with E-state index in [0.29, 0.717) is 12.1 Å². The molecule has 26 heavy (non-hydrogen) atoms. The number of para-hydroxylation sites is 1. The molecule has 1 amide bonds. The highest BCUT2D eigenvalue weighted by atomic mass is 16.4. The zero-order valence-corrected chi connectivity index (χ0v) is 14.3. The van der Waals surface area contributed by atoms with Crippen LogP contribution >= 0.6 is 0 Å². The van der Waals surface area contributed by atoms with Crippen LogP contribution in [0, 0.1) is 0 Å². The molecule has 0 spiro atoms. The summed E-state index contributed by atoms with van der Waals surface area (Å²) in [6, 6.07) is 22.9. The average molecular weight is 343 g/mol. The van der Waals surface area contributed by atoms with Crippen LogP contribution in [0.15, 0.2) is 82.0 Å². The third-order valence-electron chi connectivity index (χ3n) is 4.45. The molecule has 0 N–H and O–H groups in total. The molecule has 0 saturated carbocycles. The van der Waals surface area contributed by atoms with Crippen LogP contribution in [-0.4, -0.2) is 17.9 Å². The van der Waals surface area contributed by atoms with E-state index in [1.54, 1.807) is 25.2 Å². The number of nitrogens with zero attached hydrogens (tertiary/aromatic N) is 1. The summed E-state index contributed by atoms with van der Waals surface area (Å²) in [5.41, 5.74) is 0.919. The van der Waals surface area contributed by atoms with Gasteiger partial charge in [-0.1, -0.05) is 54.6 Å². The highest BCUT2D eigenvalue weighted by Crippen LogP contribution is 2.18. The topological polar surface area (TPSA) is 50.5 Å². The molecule has 1 heterocycles. The van der Waals surface area contributed by atoms with Crippen LogP contribution in [-0.2, 0) is 6.54 Å². The second kappa shape index (κ2) is 6.48. The van der Waals surface area contributed by atoms with Gasteiger partial charge in [0.05, 0.1) is 0 Å². The van der Waals surface area contributed by atoms with Gasteiger partial charge in [-0.25, -0.2) is 4.79 Å². The Labute approximate surface area is 150 Å². The molecule has 0 aliphatic heterocycles. The lowest BCUT2D eigenvalue weighted by Gasteiger charge is -2.17. The number of benzene rings is 3. The molecule has 4 aromatic rings. The van der Waals surface area contributed by atoms with E-state index < -0.39 is 5.63 Å². The van der Waals surface area contributed by atoms with Crippen molar-refractivity contribution in [2.24, 2.45) is 0 Å². The first-order chi connectivity index (χ1) is 12.6. The summed E-state index contributed by atoms with van der Waals surface area (Å²) in [6.07, 6.45) is 0. The summed E-state index contributed by atoms with van der Waals surface area (Å²) < 4.78 is 5.27. The zero-order chi connectivity index (χ0) is 18.1. The molecule has 0 unspecified atom stereocenters. The van der Waals surface area contributed by atoms with Gasteiger partial charge in [-0.15, -0.1) is 0 Å². The molecule has 0 saturated heterocycles. The van der Waals surface area contributed by atoms with Crippen LogP contribution in [0.1, 0.15) is 15.9 Å². The highest BCUT2D eigenvalue weighted by molar-refractivity contribution is 5.96. The SMILES string of the molecule is CN(Cc1ccc2ccccc2c1)C(=O)c1cc2ccccc2oc1=O. The Morgan fingerprint density at radius 1 is 0.885 bits per heavy atom. The molecule has 0 atom stereocenters. The minimum Gasteiger partial charge on any atom is -0.422 e.